The van der Waals surface area contributed by atoms with Crippen molar-refractivity contribution in [3.8, 4) is 0 Å². The van der Waals surface area contributed by atoms with Gasteiger partial charge in [-0.2, -0.15) is 0 Å². The Morgan fingerprint density at radius 3 is 2.54 bits per heavy atom. The average molecular weight is 370 g/mol. The van der Waals surface area contributed by atoms with Gasteiger partial charge in [0.25, 0.3) is 0 Å². The molecule has 0 amide bonds. The van der Waals surface area contributed by atoms with E-state index in [1.165, 1.54) is 11.1 Å². The molecule has 0 saturated carbocycles. The van der Waals surface area contributed by atoms with Crippen LogP contribution < -0.4 is 10.6 Å². The fraction of sp³-hybridized carbons (Fsp3) is 0.381. The number of nitrogens with one attached hydrogen (secondary N) is 2. The summed E-state index contributed by atoms with van der Waals surface area (Å²) in [6.07, 6.45) is 1.81. The number of ether oxygens (including phenoxy) is 1. The zero-order valence-electron chi connectivity index (χ0n) is 15.2. The van der Waals surface area contributed by atoms with E-state index in [1.54, 1.807) is 0 Å². The number of benzene rings is 2. The number of amidine groups is 1. The second-order valence-electron chi connectivity index (χ2n) is 7.22. The first-order valence-corrected chi connectivity index (χ1v) is 9.47. The molecule has 0 radical (unpaired) electrons. The van der Waals surface area contributed by atoms with Gasteiger partial charge < -0.3 is 15.4 Å². The van der Waals surface area contributed by atoms with Gasteiger partial charge in [0.1, 0.15) is 5.84 Å². The number of fused-ring (bicyclic) bond motifs is 1. The van der Waals surface area contributed by atoms with Crippen LogP contribution in [0.5, 0.6) is 0 Å². The number of hydrogen-bond acceptors (Lipinski definition) is 3. The maximum atomic E-state index is 6.11. The largest absolute Gasteiger partial charge is 0.381 e. The number of aryl methyl sites for hydroxylation is 2. The second-order valence-corrected chi connectivity index (χ2v) is 7.66. The minimum Gasteiger partial charge on any atom is -0.381 e. The number of aliphatic imine (C=N–C) groups is 1. The topological polar surface area (TPSA) is 45.6 Å². The van der Waals surface area contributed by atoms with Crippen molar-refractivity contribution in [3.63, 3.8) is 0 Å². The number of nitrogens with zero attached hydrogens (tertiary/aromatic N) is 1. The van der Waals surface area contributed by atoms with E-state index < -0.39 is 0 Å². The Kier molecular flexibility index (Phi) is 4.63. The molecule has 136 valence electrons. The highest BCUT2D eigenvalue weighted by Crippen LogP contribution is 2.38. The summed E-state index contributed by atoms with van der Waals surface area (Å²) >= 11 is 6.11. The molecule has 1 fully saturated rings. The third-order valence-corrected chi connectivity index (χ3v) is 5.60. The third-order valence-electron chi connectivity index (χ3n) is 5.37. The highest BCUT2D eigenvalue weighted by molar-refractivity contribution is 6.30. The standard InChI is InChI=1S/C21H24ClN3O/c1-14-10-18-19(11-15(14)2)25-21(6-8-26-9-7-21)20(24-18)23-13-16-4-3-5-17(22)12-16/h3-5,10-12,25H,6-9,13H2,1-2H3,(H,23,24). The molecule has 1 spiro atoms. The Bertz CT molecular complexity index is 856. The zero-order valence-corrected chi connectivity index (χ0v) is 16.0. The van der Waals surface area contributed by atoms with Gasteiger partial charge in [-0.1, -0.05) is 23.7 Å². The van der Waals surface area contributed by atoms with Gasteiger partial charge in [-0.25, -0.2) is 0 Å². The van der Waals surface area contributed by atoms with Gasteiger partial charge in [0.05, 0.1) is 23.5 Å². The van der Waals surface area contributed by atoms with Gasteiger partial charge in [0, 0.05) is 31.1 Å². The van der Waals surface area contributed by atoms with Crippen LogP contribution in [-0.2, 0) is 11.3 Å². The van der Waals surface area contributed by atoms with E-state index in [0.717, 1.165) is 53.9 Å². The lowest BCUT2D eigenvalue weighted by Gasteiger charge is -2.44. The van der Waals surface area contributed by atoms with Crippen molar-refractivity contribution >= 4 is 28.8 Å². The van der Waals surface area contributed by atoms with E-state index in [2.05, 4.69) is 42.7 Å². The van der Waals surface area contributed by atoms with Crippen molar-refractivity contribution in [2.45, 2.75) is 38.8 Å². The van der Waals surface area contributed by atoms with Crippen molar-refractivity contribution in [2.24, 2.45) is 4.99 Å². The number of anilines is 2. The molecule has 5 heteroatoms. The highest BCUT2D eigenvalue weighted by Gasteiger charge is 2.41. The van der Waals surface area contributed by atoms with E-state index in [1.807, 2.05) is 18.2 Å². The minimum absolute atomic E-state index is 0.189. The predicted molar refractivity (Wildman–Crippen MR) is 109 cm³/mol. The SMILES string of the molecule is Cc1cc2c(cc1C)NC1(CCOCC1)C(=NCc1cccc(Cl)c1)N2. The maximum Gasteiger partial charge on any atom is 0.127 e. The van der Waals surface area contributed by atoms with Gasteiger partial charge in [-0.05, 0) is 54.8 Å². The molecule has 0 atom stereocenters. The van der Waals surface area contributed by atoms with Crippen molar-refractivity contribution in [2.75, 3.05) is 23.8 Å². The molecule has 2 aromatic carbocycles. The molecule has 2 aromatic rings. The minimum atomic E-state index is -0.189. The quantitative estimate of drug-likeness (QED) is 0.787. The van der Waals surface area contributed by atoms with Crippen LogP contribution in [0.3, 0.4) is 0 Å². The molecule has 0 bridgehead atoms. The lowest BCUT2D eigenvalue weighted by molar-refractivity contribution is 0.0778. The Balaban J connectivity index is 1.70. The molecule has 4 rings (SSSR count). The molecule has 0 unspecified atom stereocenters. The second kappa shape index (κ2) is 6.93. The third kappa shape index (κ3) is 3.31. The van der Waals surface area contributed by atoms with Crippen LogP contribution in [0.1, 0.15) is 29.5 Å². The van der Waals surface area contributed by atoms with Crippen molar-refractivity contribution in [1.82, 2.24) is 0 Å². The van der Waals surface area contributed by atoms with Crippen molar-refractivity contribution < 1.29 is 4.74 Å². The molecule has 2 N–H and O–H groups in total. The molecule has 0 aromatic heterocycles. The fourth-order valence-corrected chi connectivity index (χ4v) is 3.88. The van der Waals surface area contributed by atoms with Crippen LogP contribution in [0, 0.1) is 13.8 Å². The molecule has 2 aliphatic rings. The summed E-state index contributed by atoms with van der Waals surface area (Å²) in [5.74, 6) is 0.997. The normalized spacial score (nSPS) is 19.7. The van der Waals surface area contributed by atoms with E-state index in [4.69, 9.17) is 21.3 Å². The van der Waals surface area contributed by atoms with Crippen LogP contribution in [0.15, 0.2) is 41.4 Å². The van der Waals surface area contributed by atoms with Gasteiger partial charge in [0.2, 0.25) is 0 Å². The van der Waals surface area contributed by atoms with Crippen LogP contribution >= 0.6 is 11.6 Å². The zero-order chi connectivity index (χ0) is 18.1. The Labute approximate surface area is 159 Å². The fourth-order valence-electron chi connectivity index (χ4n) is 3.67. The van der Waals surface area contributed by atoms with Gasteiger partial charge in [0.15, 0.2) is 0 Å². The van der Waals surface area contributed by atoms with Gasteiger partial charge in [-0.3, -0.25) is 4.99 Å². The summed E-state index contributed by atoms with van der Waals surface area (Å²) in [4.78, 5) is 4.95. The molecule has 1 saturated heterocycles. The van der Waals surface area contributed by atoms with Crippen molar-refractivity contribution in [1.29, 1.82) is 0 Å². The molecular formula is C21H24ClN3O. The summed E-state index contributed by atoms with van der Waals surface area (Å²) in [7, 11) is 0. The number of halogens is 1. The van der Waals surface area contributed by atoms with E-state index in [9.17, 15) is 0 Å². The Morgan fingerprint density at radius 1 is 1.08 bits per heavy atom. The summed E-state index contributed by atoms with van der Waals surface area (Å²) < 4.78 is 5.61. The predicted octanol–water partition coefficient (Wildman–Crippen LogP) is 4.94. The first-order chi connectivity index (χ1) is 12.6. The van der Waals surface area contributed by atoms with Gasteiger partial charge in [-0.15, -0.1) is 0 Å². The molecular weight excluding hydrogens is 346 g/mol. The van der Waals surface area contributed by atoms with Crippen LogP contribution in [0.25, 0.3) is 0 Å². The molecule has 2 heterocycles. The molecule has 2 aliphatic heterocycles. The summed E-state index contributed by atoms with van der Waals surface area (Å²) in [6.45, 7) is 6.37. The monoisotopic (exact) mass is 369 g/mol. The van der Waals surface area contributed by atoms with Crippen molar-refractivity contribution in [3.05, 3.63) is 58.1 Å². The van der Waals surface area contributed by atoms with Crippen LogP contribution in [-0.4, -0.2) is 24.6 Å². The summed E-state index contributed by atoms with van der Waals surface area (Å²) in [6, 6.07) is 12.3. The maximum absolute atomic E-state index is 6.11. The van der Waals surface area contributed by atoms with E-state index >= 15 is 0 Å². The highest BCUT2D eigenvalue weighted by atomic mass is 35.5. The van der Waals surface area contributed by atoms with E-state index in [-0.39, 0.29) is 5.54 Å². The Hall–Kier alpha value is -2.04. The lowest BCUT2D eigenvalue weighted by Crippen LogP contribution is -2.55. The van der Waals surface area contributed by atoms with Crippen LogP contribution in [0.4, 0.5) is 11.4 Å². The van der Waals surface area contributed by atoms with E-state index in [0.29, 0.717) is 6.54 Å². The average Bonchev–Trinajstić information content (AvgIpc) is 2.62. The van der Waals surface area contributed by atoms with Crippen LogP contribution in [0.2, 0.25) is 5.02 Å². The van der Waals surface area contributed by atoms with Gasteiger partial charge >= 0.3 is 0 Å². The summed E-state index contributed by atoms with van der Waals surface area (Å²) in [5.41, 5.74) is 5.73. The number of rotatable bonds is 2. The molecule has 26 heavy (non-hydrogen) atoms. The Morgan fingerprint density at radius 2 is 1.81 bits per heavy atom. The first kappa shape index (κ1) is 17.4. The smallest absolute Gasteiger partial charge is 0.127 e. The molecule has 0 aliphatic carbocycles. The first-order valence-electron chi connectivity index (χ1n) is 9.09. The number of hydrogen-bond donors (Lipinski definition) is 2. The summed E-state index contributed by atoms with van der Waals surface area (Å²) in [5, 5.41) is 8.13. The lowest BCUT2D eigenvalue weighted by atomic mass is 9.85. The molecule has 4 nitrogen and oxygen atoms in total.